The van der Waals surface area contributed by atoms with Gasteiger partial charge in [-0.1, -0.05) is 30.3 Å². The van der Waals surface area contributed by atoms with Gasteiger partial charge >= 0.3 is 0 Å². The molecule has 1 aliphatic heterocycles. The zero-order valence-corrected chi connectivity index (χ0v) is 13.2. The minimum Gasteiger partial charge on any atom is -0.314 e. The predicted octanol–water partition coefficient (Wildman–Crippen LogP) is 3.31. The van der Waals surface area contributed by atoms with Gasteiger partial charge in [0, 0.05) is 37.0 Å². The van der Waals surface area contributed by atoms with Crippen molar-refractivity contribution >= 4 is 11.8 Å². The van der Waals surface area contributed by atoms with Gasteiger partial charge in [-0.3, -0.25) is 4.90 Å². The molecule has 1 saturated carbocycles. The van der Waals surface area contributed by atoms with Crippen molar-refractivity contribution in [3.05, 3.63) is 35.9 Å². The van der Waals surface area contributed by atoms with E-state index in [0.29, 0.717) is 6.04 Å². The SMILES string of the molecule is CSC1CCC(N2CCNCC2c2ccccc2)CC1. The lowest BCUT2D eigenvalue weighted by molar-refractivity contribution is 0.0830. The molecule has 0 aromatic heterocycles. The van der Waals surface area contributed by atoms with E-state index in [1.54, 1.807) is 0 Å². The third-order valence-corrected chi connectivity index (χ3v) is 6.05. The molecule has 1 aromatic carbocycles. The molecule has 0 spiro atoms. The maximum absolute atomic E-state index is 3.58. The highest BCUT2D eigenvalue weighted by Gasteiger charge is 2.32. The Bertz CT molecular complexity index is 401. The van der Waals surface area contributed by atoms with Crippen LogP contribution in [0.2, 0.25) is 0 Å². The lowest BCUT2D eigenvalue weighted by Crippen LogP contribution is -2.51. The Labute approximate surface area is 127 Å². The fourth-order valence-corrected chi connectivity index (χ4v) is 4.50. The summed E-state index contributed by atoms with van der Waals surface area (Å²) in [6.45, 7) is 3.45. The molecular weight excluding hydrogens is 264 g/mol. The summed E-state index contributed by atoms with van der Waals surface area (Å²) in [4.78, 5) is 2.78. The molecule has 3 rings (SSSR count). The fraction of sp³-hybridized carbons (Fsp3) is 0.647. The van der Waals surface area contributed by atoms with Crippen molar-refractivity contribution in [1.29, 1.82) is 0 Å². The number of hydrogen-bond acceptors (Lipinski definition) is 3. The summed E-state index contributed by atoms with van der Waals surface area (Å²) in [6.07, 6.45) is 7.83. The van der Waals surface area contributed by atoms with Crippen molar-refractivity contribution in [2.24, 2.45) is 0 Å². The molecule has 1 aromatic rings. The monoisotopic (exact) mass is 290 g/mol. The summed E-state index contributed by atoms with van der Waals surface area (Å²) in [5, 5.41) is 4.48. The van der Waals surface area contributed by atoms with Crippen molar-refractivity contribution in [2.75, 3.05) is 25.9 Å². The highest BCUT2D eigenvalue weighted by Crippen LogP contribution is 2.34. The van der Waals surface area contributed by atoms with Crippen LogP contribution in [0.5, 0.6) is 0 Å². The van der Waals surface area contributed by atoms with Gasteiger partial charge < -0.3 is 5.32 Å². The minimum absolute atomic E-state index is 0.570. The molecule has 2 aliphatic rings. The summed E-state index contributed by atoms with van der Waals surface area (Å²) < 4.78 is 0. The van der Waals surface area contributed by atoms with Gasteiger partial charge in [0.2, 0.25) is 0 Å². The first-order valence-corrected chi connectivity index (χ1v) is 9.21. The second-order valence-electron chi connectivity index (χ2n) is 6.03. The van der Waals surface area contributed by atoms with Crippen molar-refractivity contribution in [3.63, 3.8) is 0 Å². The Kier molecular flexibility index (Phi) is 5.03. The van der Waals surface area contributed by atoms with Crippen LogP contribution in [-0.4, -0.2) is 42.1 Å². The summed E-state index contributed by atoms with van der Waals surface area (Å²) in [5.41, 5.74) is 1.48. The minimum atomic E-state index is 0.570. The number of thioether (sulfide) groups is 1. The third kappa shape index (κ3) is 3.21. The predicted molar refractivity (Wildman–Crippen MR) is 88.3 cm³/mol. The van der Waals surface area contributed by atoms with Crippen LogP contribution in [0, 0.1) is 0 Å². The van der Waals surface area contributed by atoms with Gasteiger partial charge in [-0.2, -0.15) is 11.8 Å². The summed E-state index contributed by atoms with van der Waals surface area (Å²) in [5.74, 6) is 0. The Morgan fingerprint density at radius 3 is 2.55 bits per heavy atom. The lowest BCUT2D eigenvalue weighted by atomic mass is 9.90. The van der Waals surface area contributed by atoms with E-state index >= 15 is 0 Å². The Hall–Kier alpha value is -0.510. The van der Waals surface area contributed by atoms with Crippen LogP contribution in [0.3, 0.4) is 0 Å². The van der Waals surface area contributed by atoms with Gasteiger partial charge in [-0.05, 0) is 37.5 Å². The Morgan fingerprint density at radius 1 is 1.10 bits per heavy atom. The first kappa shape index (κ1) is 14.4. The van der Waals surface area contributed by atoms with E-state index in [9.17, 15) is 0 Å². The Balaban J connectivity index is 1.70. The molecular formula is C17H26N2S. The normalized spacial score (nSPS) is 32.1. The highest BCUT2D eigenvalue weighted by molar-refractivity contribution is 7.99. The highest BCUT2D eigenvalue weighted by atomic mass is 32.2. The van der Waals surface area contributed by atoms with E-state index in [1.165, 1.54) is 37.8 Å². The van der Waals surface area contributed by atoms with Crippen LogP contribution >= 0.6 is 11.8 Å². The van der Waals surface area contributed by atoms with Crippen LogP contribution in [0.1, 0.15) is 37.3 Å². The third-order valence-electron chi connectivity index (χ3n) is 4.92. The van der Waals surface area contributed by atoms with Crippen LogP contribution < -0.4 is 5.32 Å². The largest absolute Gasteiger partial charge is 0.314 e. The molecule has 1 aliphatic carbocycles. The fourth-order valence-electron chi connectivity index (χ4n) is 3.75. The molecule has 2 nitrogen and oxygen atoms in total. The quantitative estimate of drug-likeness (QED) is 0.919. The number of piperazine rings is 1. The first-order valence-electron chi connectivity index (χ1n) is 7.92. The number of nitrogens with one attached hydrogen (secondary N) is 1. The summed E-state index contributed by atoms with van der Waals surface area (Å²) in [7, 11) is 0. The van der Waals surface area contributed by atoms with Gasteiger partial charge in [0.1, 0.15) is 0 Å². The zero-order chi connectivity index (χ0) is 13.8. The van der Waals surface area contributed by atoms with Gasteiger partial charge in [0.25, 0.3) is 0 Å². The van der Waals surface area contributed by atoms with Crippen molar-refractivity contribution < 1.29 is 0 Å². The van der Waals surface area contributed by atoms with Crippen molar-refractivity contribution in [1.82, 2.24) is 10.2 Å². The molecule has 1 heterocycles. The van der Waals surface area contributed by atoms with Crippen LogP contribution in [0.4, 0.5) is 0 Å². The maximum Gasteiger partial charge on any atom is 0.0476 e. The smallest absolute Gasteiger partial charge is 0.0476 e. The molecule has 1 saturated heterocycles. The summed E-state index contributed by atoms with van der Waals surface area (Å²) >= 11 is 2.06. The second-order valence-corrected chi connectivity index (χ2v) is 7.17. The topological polar surface area (TPSA) is 15.3 Å². The van der Waals surface area contributed by atoms with E-state index in [-0.39, 0.29) is 0 Å². The molecule has 2 fully saturated rings. The average molecular weight is 290 g/mol. The molecule has 3 heteroatoms. The first-order chi connectivity index (χ1) is 9.88. The van der Waals surface area contributed by atoms with Gasteiger partial charge in [0.15, 0.2) is 0 Å². The lowest BCUT2D eigenvalue weighted by Gasteiger charge is -2.44. The molecule has 0 amide bonds. The molecule has 20 heavy (non-hydrogen) atoms. The molecule has 110 valence electrons. The van der Waals surface area contributed by atoms with E-state index in [2.05, 4.69) is 58.6 Å². The molecule has 0 bridgehead atoms. The molecule has 0 radical (unpaired) electrons. The van der Waals surface area contributed by atoms with Gasteiger partial charge in [-0.15, -0.1) is 0 Å². The van der Waals surface area contributed by atoms with E-state index in [1.807, 2.05) is 0 Å². The number of hydrogen-bond donors (Lipinski definition) is 1. The molecule has 1 atom stereocenters. The van der Waals surface area contributed by atoms with E-state index < -0.39 is 0 Å². The number of nitrogens with zero attached hydrogens (tertiary/aromatic N) is 1. The van der Waals surface area contributed by atoms with Crippen molar-refractivity contribution in [2.45, 2.75) is 43.0 Å². The van der Waals surface area contributed by atoms with Gasteiger partial charge in [0.05, 0.1) is 0 Å². The average Bonchev–Trinajstić information content (AvgIpc) is 2.56. The van der Waals surface area contributed by atoms with Gasteiger partial charge in [-0.25, -0.2) is 0 Å². The van der Waals surface area contributed by atoms with Crippen LogP contribution in [-0.2, 0) is 0 Å². The van der Waals surface area contributed by atoms with E-state index in [0.717, 1.165) is 24.4 Å². The zero-order valence-electron chi connectivity index (χ0n) is 12.4. The van der Waals surface area contributed by atoms with E-state index in [4.69, 9.17) is 0 Å². The number of benzene rings is 1. The van der Waals surface area contributed by atoms with Crippen LogP contribution in [0.15, 0.2) is 30.3 Å². The van der Waals surface area contributed by atoms with Crippen molar-refractivity contribution in [3.8, 4) is 0 Å². The standard InChI is InChI=1S/C17H26N2S/c1-20-16-9-7-15(8-10-16)19-12-11-18-13-17(19)14-5-3-2-4-6-14/h2-6,15-18H,7-13H2,1H3. The van der Waals surface area contributed by atoms with Crippen LogP contribution in [0.25, 0.3) is 0 Å². The summed E-state index contributed by atoms with van der Waals surface area (Å²) in [6, 6.07) is 12.4. The number of rotatable bonds is 3. The molecule has 1 unspecified atom stereocenters. The molecule has 1 N–H and O–H groups in total. The Morgan fingerprint density at radius 2 is 1.85 bits per heavy atom. The maximum atomic E-state index is 3.58. The second kappa shape index (κ2) is 6.97.